The topological polar surface area (TPSA) is 12.9 Å². The highest BCUT2D eigenvalue weighted by Crippen LogP contribution is 2.49. The first-order chi connectivity index (χ1) is 7.42. The summed E-state index contributed by atoms with van der Waals surface area (Å²) in [4.78, 5) is 4.19. The molecule has 1 heterocycles. The fourth-order valence-corrected chi connectivity index (χ4v) is 2.40. The van der Waals surface area contributed by atoms with Crippen molar-refractivity contribution in [2.75, 3.05) is 0 Å². The van der Waals surface area contributed by atoms with Crippen molar-refractivity contribution in [3.8, 4) is 0 Å². The molecule has 1 aliphatic rings. The summed E-state index contributed by atoms with van der Waals surface area (Å²) < 4.78 is 0. The molecule has 0 radical (unpaired) electrons. The Labute approximate surface area is 92.9 Å². The number of hydrogen-bond donors (Lipinski definition) is 0. The van der Waals surface area contributed by atoms with Crippen LogP contribution in [0.15, 0.2) is 24.5 Å². The first-order valence-electron chi connectivity index (χ1n) is 6.31. The summed E-state index contributed by atoms with van der Waals surface area (Å²) in [6.07, 6.45) is 12.3. The lowest BCUT2D eigenvalue weighted by atomic mass is 10.1. The van der Waals surface area contributed by atoms with Crippen molar-refractivity contribution in [1.29, 1.82) is 0 Å². The maximum Gasteiger partial charge on any atom is 0.0302 e. The van der Waals surface area contributed by atoms with Crippen LogP contribution in [0.3, 0.4) is 0 Å². The van der Waals surface area contributed by atoms with E-state index in [0.717, 1.165) is 11.8 Å². The Hall–Kier alpha value is -0.850. The summed E-state index contributed by atoms with van der Waals surface area (Å²) in [6.45, 7) is 2.27. The van der Waals surface area contributed by atoms with E-state index in [0.29, 0.717) is 0 Å². The molecule has 0 saturated heterocycles. The number of aromatic nitrogens is 1. The zero-order valence-corrected chi connectivity index (χ0v) is 9.65. The molecule has 0 unspecified atom stereocenters. The van der Waals surface area contributed by atoms with E-state index in [-0.39, 0.29) is 0 Å². The average Bonchev–Trinajstić information content (AvgIpc) is 3.05. The lowest BCUT2D eigenvalue weighted by molar-refractivity contribution is 0.589. The van der Waals surface area contributed by atoms with Gasteiger partial charge in [-0.25, -0.2) is 0 Å². The van der Waals surface area contributed by atoms with Crippen LogP contribution in [0.1, 0.15) is 56.9 Å². The molecule has 1 saturated carbocycles. The number of nitrogens with zero attached hydrogens (tertiary/aromatic N) is 1. The molecule has 0 amide bonds. The zero-order valence-electron chi connectivity index (χ0n) is 9.65. The van der Waals surface area contributed by atoms with E-state index in [4.69, 9.17) is 0 Å². The van der Waals surface area contributed by atoms with Gasteiger partial charge in [-0.1, -0.05) is 38.7 Å². The molecule has 1 nitrogen and oxygen atoms in total. The molecule has 1 aromatic heterocycles. The molecule has 82 valence electrons. The fourth-order valence-electron chi connectivity index (χ4n) is 2.40. The van der Waals surface area contributed by atoms with Crippen LogP contribution in [0.25, 0.3) is 0 Å². The van der Waals surface area contributed by atoms with Crippen molar-refractivity contribution >= 4 is 0 Å². The van der Waals surface area contributed by atoms with E-state index in [1.165, 1.54) is 44.1 Å². The fraction of sp³-hybridized carbons (Fsp3) is 0.643. The van der Waals surface area contributed by atoms with E-state index in [1.807, 2.05) is 12.4 Å². The second-order valence-corrected chi connectivity index (χ2v) is 4.74. The van der Waals surface area contributed by atoms with Crippen LogP contribution in [0.2, 0.25) is 0 Å². The highest BCUT2D eigenvalue weighted by atomic mass is 14.6. The molecule has 1 heteroatoms. The summed E-state index contributed by atoms with van der Waals surface area (Å²) >= 11 is 0. The Balaban J connectivity index is 1.68. The molecule has 1 aliphatic carbocycles. The second-order valence-electron chi connectivity index (χ2n) is 4.74. The molecule has 1 aromatic rings. The van der Waals surface area contributed by atoms with Crippen LogP contribution in [-0.4, -0.2) is 4.98 Å². The third kappa shape index (κ3) is 3.05. The molecule has 0 aromatic carbocycles. The SMILES string of the molecule is CCCCCC[C@H]1C[C@@H]1c1cccnc1. The lowest BCUT2D eigenvalue weighted by Crippen LogP contribution is -1.85. The highest BCUT2D eigenvalue weighted by molar-refractivity contribution is 5.21. The van der Waals surface area contributed by atoms with E-state index < -0.39 is 0 Å². The van der Waals surface area contributed by atoms with Gasteiger partial charge in [0.2, 0.25) is 0 Å². The molecule has 0 aliphatic heterocycles. The molecule has 2 rings (SSSR count). The summed E-state index contributed by atoms with van der Waals surface area (Å²) in [6, 6.07) is 4.28. The van der Waals surface area contributed by atoms with Crippen molar-refractivity contribution in [3.63, 3.8) is 0 Å². The Bertz CT molecular complexity index is 281. The van der Waals surface area contributed by atoms with Gasteiger partial charge >= 0.3 is 0 Å². The Morgan fingerprint density at radius 2 is 2.27 bits per heavy atom. The van der Waals surface area contributed by atoms with E-state index >= 15 is 0 Å². The normalized spacial score (nSPS) is 24.1. The van der Waals surface area contributed by atoms with Gasteiger partial charge in [0.15, 0.2) is 0 Å². The van der Waals surface area contributed by atoms with Crippen LogP contribution in [0.5, 0.6) is 0 Å². The minimum absolute atomic E-state index is 0.834. The Morgan fingerprint density at radius 3 is 3.00 bits per heavy atom. The van der Waals surface area contributed by atoms with Crippen molar-refractivity contribution in [2.24, 2.45) is 5.92 Å². The zero-order chi connectivity index (χ0) is 10.5. The van der Waals surface area contributed by atoms with Crippen LogP contribution >= 0.6 is 0 Å². The van der Waals surface area contributed by atoms with Gasteiger partial charge in [0.1, 0.15) is 0 Å². The van der Waals surface area contributed by atoms with Gasteiger partial charge < -0.3 is 0 Å². The maximum absolute atomic E-state index is 4.19. The van der Waals surface area contributed by atoms with Crippen molar-refractivity contribution in [3.05, 3.63) is 30.1 Å². The predicted octanol–water partition coefficient (Wildman–Crippen LogP) is 4.16. The standard InChI is InChI=1S/C14H21N/c1-2-3-4-5-7-12-10-14(12)13-8-6-9-15-11-13/h6,8-9,11-12,14H,2-5,7,10H2,1H3/t12-,14-/m0/s1. The van der Waals surface area contributed by atoms with Gasteiger partial charge in [0.25, 0.3) is 0 Å². The minimum Gasteiger partial charge on any atom is -0.264 e. The summed E-state index contributed by atoms with van der Waals surface area (Å²) in [5, 5.41) is 0. The van der Waals surface area contributed by atoms with Gasteiger partial charge in [-0.15, -0.1) is 0 Å². The van der Waals surface area contributed by atoms with Gasteiger partial charge in [0.05, 0.1) is 0 Å². The number of pyridine rings is 1. The molecule has 15 heavy (non-hydrogen) atoms. The quantitative estimate of drug-likeness (QED) is 0.633. The summed E-state index contributed by atoms with van der Waals surface area (Å²) in [5.41, 5.74) is 1.46. The molecular weight excluding hydrogens is 182 g/mol. The number of rotatable bonds is 6. The van der Waals surface area contributed by atoms with Crippen LogP contribution in [0, 0.1) is 5.92 Å². The first kappa shape index (κ1) is 10.7. The maximum atomic E-state index is 4.19. The summed E-state index contributed by atoms with van der Waals surface area (Å²) in [7, 11) is 0. The van der Waals surface area contributed by atoms with Gasteiger partial charge in [0, 0.05) is 12.4 Å². The molecule has 0 spiro atoms. The first-order valence-corrected chi connectivity index (χ1v) is 6.31. The minimum atomic E-state index is 0.834. The molecular formula is C14H21N. The van der Waals surface area contributed by atoms with Crippen molar-refractivity contribution in [1.82, 2.24) is 4.98 Å². The van der Waals surface area contributed by atoms with Crippen LogP contribution in [-0.2, 0) is 0 Å². The van der Waals surface area contributed by atoms with Crippen LogP contribution in [0.4, 0.5) is 0 Å². The molecule has 0 bridgehead atoms. The molecule has 0 N–H and O–H groups in total. The highest BCUT2D eigenvalue weighted by Gasteiger charge is 2.37. The number of unbranched alkanes of at least 4 members (excludes halogenated alkanes) is 3. The largest absolute Gasteiger partial charge is 0.264 e. The summed E-state index contributed by atoms with van der Waals surface area (Å²) in [5.74, 6) is 1.80. The predicted molar refractivity (Wildman–Crippen MR) is 63.8 cm³/mol. The second kappa shape index (κ2) is 5.29. The van der Waals surface area contributed by atoms with Gasteiger partial charge in [-0.3, -0.25) is 4.98 Å². The average molecular weight is 203 g/mol. The monoisotopic (exact) mass is 203 g/mol. The van der Waals surface area contributed by atoms with E-state index in [1.54, 1.807) is 0 Å². The lowest BCUT2D eigenvalue weighted by Gasteiger charge is -2.00. The smallest absolute Gasteiger partial charge is 0.0302 e. The van der Waals surface area contributed by atoms with Gasteiger partial charge in [-0.2, -0.15) is 0 Å². The van der Waals surface area contributed by atoms with E-state index in [2.05, 4.69) is 24.0 Å². The van der Waals surface area contributed by atoms with Gasteiger partial charge in [-0.05, 0) is 36.3 Å². The molecule has 1 fully saturated rings. The Kier molecular flexibility index (Phi) is 3.76. The molecule has 2 atom stereocenters. The third-order valence-electron chi connectivity index (χ3n) is 3.46. The Morgan fingerprint density at radius 1 is 1.33 bits per heavy atom. The third-order valence-corrected chi connectivity index (χ3v) is 3.46. The van der Waals surface area contributed by atoms with E-state index in [9.17, 15) is 0 Å². The number of hydrogen-bond acceptors (Lipinski definition) is 1. The van der Waals surface area contributed by atoms with Crippen molar-refractivity contribution in [2.45, 2.75) is 51.4 Å². The van der Waals surface area contributed by atoms with Crippen LogP contribution < -0.4 is 0 Å². The van der Waals surface area contributed by atoms with Crippen molar-refractivity contribution < 1.29 is 0 Å².